The first-order chi connectivity index (χ1) is 47.0. The quantitative estimate of drug-likeness (QED) is 0.0150. The number of hydrogen-bond acceptors (Lipinski definition) is 20. The van der Waals surface area contributed by atoms with Gasteiger partial charge in [0.25, 0.3) is 55.7 Å². The molecule has 0 bridgehead atoms. The van der Waals surface area contributed by atoms with Gasteiger partial charge in [-0.2, -0.15) is 0 Å². The first-order valence-electron chi connectivity index (χ1n) is 32.2. The number of benzene rings is 5. The van der Waals surface area contributed by atoms with E-state index in [-0.39, 0.29) is 73.9 Å². The van der Waals surface area contributed by atoms with E-state index in [4.69, 9.17) is 28.7 Å². The molecule has 5 rings (SSSR count). The Morgan fingerprint density at radius 3 is 0.684 bits per heavy atom. The largest absolute Gasteiger partial charge is 0.352 e. The fraction of sp³-hybridized carbons (Fsp3) is 0.412. The van der Waals surface area contributed by atoms with Gasteiger partial charge in [-0.3, -0.25) is 47.9 Å². The maximum Gasteiger partial charge on any atom is 0.284 e. The number of thioether (sulfide) groups is 5. The lowest BCUT2D eigenvalue weighted by atomic mass is 10.2. The third-order valence-corrected chi connectivity index (χ3v) is 16.2. The SMILES string of the molecule is CC(C)NC(=O)Sc1ccccc1C(=O)NCCCN.CC(C)NC(=O)Sc1ccccc1C(=O)NCCCN.CC(C)NC(=O)Sc1ccccc1C(=O)NCCN.CCCNC(=O)Sc1ccccc1C(=O)NCCCN.CCCNC(=O)Sc1ccccc1C(=O)NCCN. The second kappa shape index (κ2) is 54.3. The maximum absolute atomic E-state index is 12.0. The molecule has 0 saturated heterocycles. The predicted octanol–water partition coefficient (Wildman–Crippen LogP) is 9.10. The normalized spacial score (nSPS) is 10.2. The van der Waals surface area contributed by atoms with Gasteiger partial charge in [-0.05, 0) is 213 Å². The first-order valence-corrected chi connectivity index (χ1v) is 36.3. The summed E-state index contributed by atoms with van der Waals surface area (Å²) in [4.78, 5) is 122. The van der Waals surface area contributed by atoms with Crippen molar-refractivity contribution < 1.29 is 47.9 Å². The zero-order valence-corrected chi connectivity index (χ0v) is 61.4. The van der Waals surface area contributed by atoms with Gasteiger partial charge in [0.1, 0.15) is 0 Å². The lowest BCUT2D eigenvalue weighted by molar-refractivity contribution is 0.0942. The third-order valence-electron chi connectivity index (χ3n) is 11.8. The Morgan fingerprint density at radius 2 is 0.490 bits per heavy atom. The van der Waals surface area contributed by atoms with E-state index in [9.17, 15) is 47.9 Å². The number of nitrogens with one attached hydrogen (secondary N) is 10. The van der Waals surface area contributed by atoms with Gasteiger partial charge in [-0.1, -0.05) is 74.5 Å². The third kappa shape index (κ3) is 39.7. The Labute approximate surface area is 598 Å². The Kier molecular flexibility index (Phi) is 48.9. The first kappa shape index (κ1) is 88.4. The summed E-state index contributed by atoms with van der Waals surface area (Å²) < 4.78 is 0. The molecular weight excluding hydrogens is 1350 g/mol. The molecule has 98 heavy (non-hydrogen) atoms. The molecule has 30 heteroatoms. The van der Waals surface area contributed by atoms with Crippen molar-refractivity contribution in [1.82, 2.24) is 53.2 Å². The second-order valence-electron chi connectivity index (χ2n) is 21.5. The standard InChI is InChI=1S/3C14H21N3O2S.2C13H19N3O2S/c2*1-10(2)17-14(19)20-12-7-4-3-6-11(12)13(18)16-9-5-8-15;1-2-9-17-14(19)20-12-7-4-3-6-11(12)13(18)16-10-5-8-15;1-9(2)16-13(18)19-11-6-4-3-5-10(11)12(17)15-8-7-14;1-2-8-16-13(18)19-11-6-4-3-5-10(11)12(17)15-9-7-14/h2*3-4,6-7,10H,5,8-9,15H2,1-2H3,(H,16,18)(H,17,19);3-4,6-7H,2,5,8-10,15H2,1H3,(H,16,18)(H,17,19);3-6,9H,7-8,14H2,1-2H3,(H,15,17)(H,16,18);3-6H,2,7-9,14H2,1H3,(H,15,17)(H,16,18). The Hall–Kier alpha value is -7.65. The van der Waals surface area contributed by atoms with Gasteiger partial charge < -0.3 is 81.8 Å². The van der Waals surface area contributed by atoms with Crippen LogP contribution in [-0.2, 0) is 0 Å². The van der Waals surface area contributed by atoms with Gasteiger partial charge in [0.2, 0.25) is 0 Å². The van der Waals surface area contributed by atoms with Crippen LogP contribution in [0, 0.1) is 0 Å². The lowest BCUT2D eigenvalue weighted by Crippen LogP contribution is -2.30. The van der Waals surface area contributed by atoms with Gasteiger partial charge >= 0.3 is 0 Å². The van der Waals surface area contributed by atoms with Crippen molar-refractivity contribution in [3.8, 4) is 0 Å². The summed E-state index contributed by atoms with van der Waals surface area (Å²) in [5.74, 6) is -0.967. The van der Waals surface area contributed by atoms with Crippen molar-refractivity contribution in [2.24, 2.45) is 28.7 Å². The Morgan fingerprint density at radius 1 is 0.286 bits per heavy atom. The summed E-state index contributed by atoms with van der Waals surface area (Å²) in [6, 6.07) is 35.4. The van der Waals surface area contributed by atoms with E-state index in [0.717, 1.165) is 90.9 Å². The van der Waals surface area contributed by atoms with Crippen molar-refractivity contribution in [3.63, 3.8) is 0 Å². The minimum absolute atomic E-state index is 0.0678. The van der Waals surface area contributed by atoms with Crippen molar-refractivity contribution in [3.05, 3.63) is 149 Å². The molecule has 0 aliphatic rings. The summed E-state index contributed by atoms with van der Waals surface area (Å²) in [6.45, 7) is 21.4. The molecule has 0 aliphatic heterocycles. The topological polar surface area (TPSA) is 421 Å². The highest BCUT2D eigenvalue weighted by Crippen LogP contribution is 2.27. The second-order valence-corrected chi connectivity index (χ2v) is 26.5. The summed E-state index contributed by atoms with van der Waals surface area (Å²) in [5, 5.41) is 26.8. The van der Waals surface area contributed by atoms with Crippen LogP contribution in [0.2, 0.25) is 0 Å². The Bertz CT molecular complexity index is 3150. The van der Waals surface area contributed by atoms with Gasteiger partial charge in [0, 0.05) is 102 Å². The van der Waals surface area contributed by atoms with Crippen LogP contribution >= 0.6 is 58.8 Å². The van der Waals surface area contributed by atoms with E-state index in [0.29, 0.717) is 131 Å². The molecule has 0 aliphatic carbocycles. The van der Waals surface area contributed by atoms with E-state index in [1.54, 1.807) is 103 Å². The number of rotatable bonds is 30. The molecule has 20 N–H and O–H groups in total. The molecule has 538 valence electrons. The highest BCUT2D eigenvalue weighted by atomic mass is 32.2. The molecule has 5 aromatic rings. The molecular formula is C68H101N15O10S5. The van der Waals surface area contributed by atoms with Gasteiger partial charge in [-0.15, -0.1) is 0 Å². The molecule has 0 spiro atoms. The van der Waals surface area contributed by atoms with Gasteiger partial charge in [-0.25, -0.2) is 0 Å². The van der Waals surface area contributed by atoms with Crippen molar-refractivity contribution >= 4 is 115 Å². The van der Waals surface area contributed by atoms with E-state index < -0.39 is 0 Å². The molecule has 0 unspecified atom stereocenters. The van der Waals surface area contributed by atoms with E-state index in [1.165, 1.54) is 0 Å². The maximum atomic E-state index is 12.0. The number of hydrogen-bond donors (Lipinski definition) is 15. The molecule has 0 heterocycles. The van der Waals surface area contributed by atoms with Gasteiger partial charge in [0.15, 0.2) is 0 Å². The van der Waals surface area contributed by atoms with Crippen LogP contribution in [0.5, 0.6) is 0 Å². The smallest absolute Gasteiger partial charge is 0.284 e. The van der Waals surface area contributed by atoms with Gasteiger partial charge in [0.05, 0.1) is 27.8 Å². The van der Waals surface area contributed by atoms with Crippen LogP contribution in [0.1, 0.15) is 139 Å². The summed E-state index contributed by atoms with van der Waals surface area (Å²) in [7, 11) is 0. The van der Waals surface area contributed by atoms with Crippen LogP contribution < -0.4 is 81.8 Å². The zero-order valence-electron chi connectivity index (χ0n) is 57.3. The van der Waals surface area contributed by atoms with E-state index >= 15 is 0 Å². The highest BCUT2D eigenvalue weighted by molar-refractivity contribution is 8.14. The fourth-order valence-electron chi connectivity index (χ4n) is 7.30. The highest BCUT2D eigenvalue weighted by Gasteiger charge is 2.19. The number of carbonyl (C=O) groups is 10. The van der Waals surface area contributed by atoms with Crippen molar-refractivity contribution in [2.45, 2.75) is 130 Å². The van der Waals surface area contributed by atoms with Crippen LogP contribution in [0.25, 0.3) is 0 Å². The summed E-state index contributed by atoms with van der Waals surface area (Å²) in [6.07, 6.45) is 3.96. The molecule has 0 atom stereocenters. The Balaban J connectivity index is 0.000000613. The molecule has 25 nitrogen and oxygen atoms in total. The number of amides is 10. The minimum atomic E-state index is -0.217. The van der Waals surface area contributed by atoms with E-state index in [1.807, 2.05) is 73.6 Å². The number of carbonyl (C=O) groups excluding carboxylic acids is 10. The average molecular weight is 1450 g/mol. The molecule has 0 radical (unpaired) electrons. The average Bonchev–Trinajstić information content (AvgIpc) is 0.904. The van der Waals surface area contributed by atoms with Crippen LogP contribution in [0.3, 0.4) is 0 Å². The number of nitrogens with two attached hydrogens (primary N) is 5. The molecule has 5 aromatic carbocycles. The van der Waals surface area contributed by atoms with Crippen molar-refractivity contribution in [2.75, 3.05) is 78.5 Å². The van der Waals surface area contributed by atoms with Crippen LogP contribution in [-0.4, -0.2) is 152 Å². The molecule has 10 amide bonds. The summed E-state index contributed by atoms with van der Waals surface area (Å²) >= 11 is 5.15. The zero-order chi connectivity index (χ0) is 73.0. The van der Waals surface area contributed by atoms with Crippen LogP contribution in [0.15, 0.2) is 146 Å². The van der Waals surface area contributed by atoms with E-state index in [2.05, 4.69) is 53.2 Å². The van der Waals surface area contributed by atoms with Crippen LogP contribution in [0.4, 0.5) is 24.0 Å². The molecule has 0 saturated carbocycles. The predicted molar refractivity (Wildman–Crippen MR) is 401 cm³/mol. The lowest BCUT2D eigenvalue weighted by Gasteiger charge is -2.11. The fourth-order valence-corrected chi connectivity index (χ4v) is 11.6. The van der Waals surface area contributed by atoms with Crippen molar-refractivity contribution in [1.29, 1.82) is 0 Å². The molecule has 0 aromatic heterocycles. The minimum Gasteiger partial charge on any atom is -0.352 e. The monoisotopic (exact) mass is 1450 g/mol. The molecule has 0 fully saturated rings. The summed E-state index contributed by atoms with van der Waals surface area (Å²) in [5.41, 5.74) is 29.4.